The fourth-order valence-corrected chi connectivity index (χ4v) is 3.23. The van der Waals surface area contributed by atoms with Gasteiger partial charge in [-0.3, -0.25) is 0 Å². The summed E-state index contributed by atoms with van der Waals surface area (Å²) in [5, 5.41) is 0. The van der Waals surface area contributed by atoms with Gasteiger partial charge in [0.05, 0.1) is 5.60 Å². The molecular weight excluding hydrogens is 234 g/mol. The van der Waals surface area contributed by atoms with Gasteiger partial charge in [-0.25, -0.2) is 0 Å². The lowest BCUT2D eigenvalue weighted by atomic mass is 9.63. The molecule has 1 aliphatic carbocycles. The Bertz CT molecular complexity index is 258. The van der Waals surface area contributed by atoms with Gasteiger partial charge in [0, 0.05) is 6.61 Å². The Labute approximate surface area is 120 Å². The lowest BCUT2D eigenvalue weighted by Crippen LogP contribution is -2.39. The molecule has 0 radical (unpaired) electrons. The standard InChI is InChI=1S/C17H35NO/c1-15(2,3)14-7-9-17(13-18,10-8-14)11-12-19-16(4,5)6/h14H,7-13,18H2,1-6H3. The lowest BCUT2D eigenvalue weighted by Gasteiger charge is -2.44. The van der Waals surface area contributed by atoms with Crippen LogP contribution in [-0.2, 0) is 4.74 Å². The maximum Gasteiger partial charge on any atom is 0.0598 e. The van der Waals surface area contributed by atoms with Gasteiger partial charge in [-0.2, -0.15) is 0 Å². The van der Waals surface area contributed by atoms with Crippen LogP contribution in [-0.4, -0.2) is 18.8 Å². The van der Waals surface area contributed by atoms with Gasteiger partial charge in [0.2, 0.25) is 0 Å². The molecule has 0 unspecified atom stereocenters. The monoisotopic (exact) mass is 269 g/mol. The summed E-state index contributed by atoms with van der Waals surface area (Å²) in [7, 11) is 0. The molecule has 2 heteroatoms. The molecule has 114 valence electrons. The lowest BCUT2D eigenvalue weighted by molar-refractivity contribution is -0.0275. The maximum atomic E-state index is 6.09. The zero-order valence-electron chi connectivity index (χ0n) is 14.0. The molecule has 0 aromatic carbocycles. The van der Waals surface area contributed by atoms with E-state index >= 15 is 0 Å². The number of hydrogen-bond acceptors (Lipinski definition) is 2. The molecule has 2 nitrogen and oxygen atoms in total. The largest absolute Gasteiger partial charge is 0.376 e. The summed E-state index contributed by atoms with van der Waals surface area (Å²) >= 11 is 0. The van der Waals surface area contributed by atoms with Crippen molar-refractivity contribution in [3.63, 3.8) is 0 Å². The van der Waals surface area contributed by atoms with Crippen molar-refractivity contribution in [2.45, 2.75) is 79.2 Å². The first kappa shape index (κ1) is 17.0. The molecule has 1 aliphatic rings. The van der Waals surface area contributed by atoms with Crippen molar-refractivity contribution in [2.75, 3.05) is 13.2 Å². The van der Waals surface area contributed by atoms with Gasteiger partial charge in [0.25, 0.3) is 0 Å². The van der Waals surface area contributed by atoms with Gasteiger partial charge >= 0.3 is 0 Å². The highest BCUT2D eigenvalue weighted by Gasteiger charge is 2.37. The average Bonchev–Trinajstić information content (AvgIpc) is 2.26. The summed E-state index contributed by atoms with van der Waals surface area (Å²) in [6, 6.07) is 0. The predicted molar refractivity (Wildman–Crippen MR) is 83.2 cm³/mol. The molecule has 0 aromatic rings. The third-order valence-electron chi connectivity index (χ3n) is 4.87. The first-order valence-electron chi connectivity index (χ1n) is 7.92. The van der Waals surface area contributed by atoms with Crippen LogP contribution in [0.5, 0.6) is 0 Å². The van der Waals surface area contributed by atoms with E-state index in [0.717, 1.165) is 25.5 Å². The van der Waals surface area contributed by atoms with Gasteiger partial charge in [0.15, 0.2) is 0 Å². The second-order valence-electron chi connectivity index (χ2n) is 8.56. The van der Waals surface area contributed by atoms with Gasteiger partial charge < -0.3 is 10.5 Å². The van der Waals surface area contributed by atoms with Crippen LogP contribution < -0.4 is 5.73 Å². The Morgan fingerprint density at radius 3 is 1.95 bits per heavy atom. The Kier molecular flexibility index (Phi) is 5.48. The molecule has 0 heterocycles. The fourth-order valence-electron chi connectivity index (χ4n) is 3.23. The molecular formula is C17H35NO. The van der Waals surface area contributed by atoms with Crippen molar-refractivity contribution in [1.29, 1.82) is 0 Å². The summed E-state index contributed by atoms with van der Waals surface area (Å²) in [5.74, 6) is 0.857. The predicted octanol–water partition coefficient (Wildman–Crippen LogP) is 4.37. The number of rotatable bonds is 4. The van der Waals surface area contributed by atoms with Crippen LogP contribution in [0, 0.1) is 16.7 Å². The molecule has 1 fully saturated rings. The first-order valence-corrected chi connectivity index (χ1v) is 7.92. The molecule has 0 aromatic heterocycles. The number of hydrogen-bond donors (Lipinski definition) is 1. The van der Waals surface area contributed by atoms with Crippen molar-refractivity contribution in [1.82, 2.24) is 0 Å². The van der Waals surface area contributed by atoms with E-state index in [1.54, 1.807) is 0 Å². The van der Waals surface area contributed by atoms with Crippen LogP contribution in [0.2, 0.25) is 0 Å². The van der Waals surface area contributed by atoms with Gasteiger partial charge in [-0.1, -0.05) is 20.8 Å². The summed E-state index contributed by atoms with van der Waals surface area (Å²) in [6.07, 6.45) is 6.34. The molecule has 19 heavy (non-hydrogen) atoms. The van der Waals surface area contributed by atoms with E-state index in [-0.39, 0.29) is 5.60 Å². The van der Waals surface area contributed by atoms with E-state index in [2.05, 4.69) is 41.5 Å². The van der Waals surface area contributed by atoms with Crippen molar-refractivity contribution < 1.29 is 4.74 Å². The molecule has 0 aliphatic heterocycles. The van der Waals surface area contributed by atoms with E-state index in [4.69, 9.17) is 10.5 Å². The van der Waals surface area contributed by atoms with Gasteiger partial charge in [0.1, 0.15) is 0 Å². The van der Waals surface area contributed by atoms with E-state index < -0.39 is 0 Å². The van der Waals surface area contributed by atoms with Crippen molar-refractivity contribution in [3.8, 4) is 0 Å². The Hall–Kier alpha value is -0.0800. The highest BCUT2D eigenvalue weighted by Crippen LogP contribution is 2.46. The van der Waals surface area contributed by atoms with Crippen LogP contribution in [0.3, 0.4) is 0 Å². The normalized spacial score (nSPS) is 29.5. The molecule has 1 rings (SSSR count). The highest BCUT2D eigenvalue weighted by molar-refractivity contribution is 4.89. The minimum Gasteiger partial charge on any atom is -0.376 e. The van der Waals surface area contributed by atoms with Gasteiger partial charge in [-0.05, 0) is 76.2 Å². The van der Waals surface area contributed by atoms with Gasteiger partial charge in [-0.15, -0.1) is 0 Å². The second kappa shape index (κ2) is 6.13. The van der Waals surface area contributed by atoms with Crippen LogP contribution in [0.1, 0.15) is 73.6 Å². The van der Waals surface area contributed by atoms with Crippen LogP contribution in [0.4, 0.5) is 0 Å². The molecule has 0 spiro atoms. The zero-order chi connectivity index (χ0) is 14.7. The topological polar surface area (TPSA) is 35.2 Å². The molecule has 0 bridgehead atoms. The van der Waals surface area contributed by atoms with Crippen LogP contribution in [0.15, 0.2) is 0 Å². The molecule has 1 saturated carbocycles. The molecule has 0 amide bonds. The second-order valence-corrected chi connectivity index (χ2v) is 8.56. The van der Waals surface area contributed by atoms with E-state index in [9.17, 15) is 0 Å². The molecule has 0 atom stereocenters. The third kappa shape index (κ3) is 5.43. The summed E-state index contributed by atoms with van der Waals surface area (Å²) in [5.41, 5.74) is 6.85. The number of ether oxygens (including phenoxy) is 1. The van der Waals surface area contributed by atoms with Crippen LogP contribution in [0.25, 0.3) is 0 Å². The SMILES string of the molecule is CC(C)(C)OCCC1(CN)CCC(C(C)(C)C)CC1. The fraction of sp³-hybridized carbons (Fsp3) is 1.00. The zero-order valence-corrected chi connectivity index (χ0v) is 14.0. The summed E-state index contributed by atoms with van der Waals surface area (Å²) in [6.45, 7) is 15.1. The minimum atomic E-state index is -0.0294. The maximum absolute atomic E-state index is 6.09. The van der Waals surface area contributed by atoms with Crippen LogP contribution >= 0.6 is 0 Å². The van der Waals surface area contributed by atoms with E-state index in [0.29, 0.717) is 10.8 Å². The van der Waals surface area contributed by atoms with E-state index in [1.165, 1.54) is 25.7 Å². The summed E-state index contributed by atoms with van der Waals surface area (Å²) < 4.78 is 5.90. The third-order valence-corrected chi connectivity index (χ3v) is 4.87. The quantitative estimate of drug-likeness (QED) is 0.822. The molecule has 0 saturated heterocycles. The Morgan fingerprint density at radius 2 is 1.58 bits per heavy atom. The van der Waals surface area contributed by atoms with Crippen molar-refractivity contribution in [3.05, 3.63) is 0 Å². The number of nitrogens with two attached hydrogens (primary N) is 1. The molecule has 2 N–H and O–H groups in total. The summed E-state index contributed by atoms with van der Waals surface area (Å²) in [4.78, 5) is 0. The minimum absolute atomic E-state index is 0.0294. The highest BCUT2D eigenvalue weighted by atomic mass is 16.5. The Morgan fingerprint density at radius 1 is 1.05 bits per heavy atom. The van der Waals surface area contributed by atoms with E-state index in [1.807, 2.05) is 0 Å². The smallest absolute Gasteiger partial charge is 0.0598 e. The average molecular weight is 269 g/mol. The van der Waals surface area contributed by atoms with Crippen molar-refractivity contribution >= 4 is 0 Å². The Balaban J connectivity index is 2.47. The first-order chi connectivity index (χ1) is 8.58. The van der Waals surface area contributed by atoms with Crippen molar-refractivity contribution in [2.24, 2.45) is 22.5 Å².